The van der Waals surface area contributed by atoms with Crippen LogP contribution in [-0.2, 0) is 6.42 Å². The number of nitro groups is 1. The molecule has 0 spiro atoms. The lowest BCUT2D eigenvalue weighted by Gasteiger charge is -2.08. The molecule has 8 heteroatoms. The van der Waals surface area contributed by atoms with Gasteiger partial charge in [-0.25, -0.2) is 4.98 Å². The van der Waals surface area contributed by atoms with Gasteiger partial charge in [0.2, 0.25) is 11.8 Å². The van der Waals surface area contributed by atoms with Crippen LogP contribution in [0.3, 0.4) is 0 Å². The van der Waals surface area contributed by atoms with Crippen molar-refractivity contribution in [2.24, 2.45) is 0 Å². The maximum atomic E-state index is 11.1. The van der Waals surface area contributed by atoms with Gasteiger partial charge in [-0.3, -0.25) is 10.1 Å². The molecule has 1 aromatic carbocycles. The van der Waals surface area contributed by atoms with Gasteiger partial charge in [0.15, 0.2) is 0 Å². The van der Waals surface area contributed by atoms with Gasteiger partial charge < -0.3 is 15.6 Å². The smallest absolute Gasteiger partial charge is 0.329 e. The van der Waals surface area contributed by atoms with E-state index >= 15 is 0 Å². The standard InChI is InChI=1S/C17H18N6O2/c24-23(25)15-10-20-17(22-16(15)21-12-5-6-12)18-8-7-11-9-19-14-4-2-1-3-13(11)14/h1-4,9-10,12,19H,5-8H2,(H2,18,20,21,22). The van der Waals surface area contributed by atoms with Gasteiger partial charge in [-0.2, -0.15) is 4.98 Å². The second-order valence-electron chi connectivity index (χ2n) is 6.14. The minimum Gasteiger partial charge on any atom is -0.361 e. The van der Waals surface area contributed by atoms with Crippen molar-refractivity contribution in [3.63, 3.8) is 0 Å². The first-order valence-electron chi connectivity index (χ1n) is 8.27. The third kappa shape index (κ3) is 3.37. The molecule has 0 unspecified atom stereocenters. The predicted molar refractivity (Wildman–Crippen MR) is 95.8 cm³/mol. The molecule has 2 aromatic heterocycles. The number of aromatic nitrogens is 3. The van der Waals surface area contributed by atoms with Crippen LogP contribution in [-0.4, -0.2) is 32.5 Å². The number of H-pyrrole nitrogens is 1. The van der Waals surface area contributed by atoms with E-state index in [4.69, 9.17) is 0 Å². The zero-order chi connectivity index (χ0) is 17.2. The zero-order valence-corrected chi connectivity index (χ0v) is 13.5. The van der Waals surface area contributed by atoms with Crippen molar-refractivity contribution in [3.05, 3.63) is 52.3 Å². The van der Waals surface area contributed by atoms with Gasteiger partial charge in [0.1, 0.15) is 6.20 Å². The summed E-state index contributed by atoms with van der Waals surface area (Å²) in [7, 11) is 0. The first kappa shape index (κ1) is 15.4. The van der Waals surface area contributed by atoms with Crippen molar-refractivity contribution in [1.29, 1.82) is 0 Å². The van der Waals surface area contributed by atoms with E-state index in [9.17, 15) is 10.1 Å². The first-order chi connectivity index (χ1) is 12.2. The van der Waals surface area contributed by atoms with E-state index < -0.39 is 4.92 Å². The highest BCUT2D eigenvalue weighted by molar-refractivity contribution is 5.83. The Bertz CT molecular complexity index is 918. The highest BCUT2D eigenvalue weighted by Gasteiger charge is 2.26. The number of hydrogen-bond acceptors (Lipinski definition) is 6. The largest absolute Gasteiger partial charge is 0.361 e. The number of hydrogen-bond donors (Lipinski definition) is 3. The van der Waals surface area contributed by atoms with Crippen molar-refractivity contribution in [2.45, 2.75) is 25.3 Å². The highest BCUT2D eigenvalue weighted by Crippen LogP contribution is 2.29. The fourth-order valence-electron chi connectivity index (χ4n) is 2.77. The molecule has 128 valence electrons. The van der Waals surface area contributed by atoms with Crippen LogP contribution in [0.15, 0.2) is 36.7 Å². The summed E-state index contributed by atoms with van der Waals surface area (Å²) >= 11 is 0. The number of anilines is 2. The van der Waals surface area contributed by atoms with Crippen molar-refractivity contribution in [3.8, 4) is 0 Å². The Labute approximate surface area is 143 Å². The van der Waals surface area contributed by atoms with Crippen molar-refractivity contribution in [2.75, 3.05) is 17.2 Å². The van der Waals surface area contributed by atoms with Crippen LogP contribution >= 0.6 is 0 Å². The third-order valence-electron chi connectivity index (χ3n) is 4.24. The molecule has 3 aromatic rings. The van der Waals surface area contributed by atoms with E-state index in [1.165, 1.54) is 17.1 Å². The summed E-state index contributed by atoms with van der Waals surface area (Å²) in [5.74, 6) is 0.686. The molecule has 25 heavy (non-hydrogen) atoms. The quantitative estimate of drug-likeness (QED) is 0.451. The second-order valence-corrected chi connectivity index (χ2v) is 6.14. The Morgan fingerprint density at radius 1 is 1.32 bits per heavy atom. The monoisotopic (exact) mass is 338 g/mol. The maximum absolute atomic E-state index is 11.1. The summed E-state index contributed by atoms with van der Waals surface area (Å²) in [5.41, 5.74) is 2.23. The zero-order valence-electron chi connectivity index (χ0n) is 13.5. The molecule has 4 rings (SSSR count). The van der Waals surface area contributed by atoms with Crippen LogP contribution in [0.1, 0.15) is 18.4 Å². The molecule has 8 nitrogen and oxygen atoms in total. The Balaban J connectivity index is 1.44. The average molecular weight is 338 g/mol. The van der Waals surface area contributed by atoms with Crippen LogP contribution in [0.5, 0.6) is 0 Å². The minimum atomic E-state index is -0.458. The number of fused-ring (bicyclic) bond motifs is 1. The van der Waals surface area contributed by atoms with Crippen molar-refractivity contribution >= 4 is 28.4 Å². The highest BCUT2D eigenvalue weighted by atomic mass is 16.6. The molecule has 1 saturated carbocycles. The Morgan fingerprint density at radius 3 is 2.96 bits per heavy atom. The van der Waals surface area contributed by atoms with Gasteiger partial charge in [-0.05, 0) is 30.9 Å². The Hall–Kier alpha value is -3.16. The normalized spacial score (nSPS) is 13.8. The van der Waals surface area contributed by atoms with Crippen LogP contribution in [0.2, 0.25) is 0 Å². The molecule has 3 N–H and O–H groups in total. The first-order valence-corrected chi connectivity index (χ1v) is 8.27. The lowest BCUT2D eigenvalue weighted by molar-refractivity contribution is -0.384. The molecule has 1 aliphatic carbocycles. The van der Waals surface area contributed by atoms with E-state index in [-0.39, 0.29) is 17.5 Å². The van der Waals surface area contributed by atoms with Gasteiger partial charge in [-0.15, -0.1) is 0 Å². The second kappa shape index (κ2) is 6.39. The van der Waals surface area contributed by atoms with E-state index in [0.717, 1.165) is 24.8 Å². The van der Waals surface area contributed by atoms with Crippen LogP contribution in [0.25, 0.3) is 10.9 Å². The molecule has 0 saturated heterocycles. The van der Waals surface area contributed by atoms with E-state index in [1.54, 1.807) is 0 Å². The summed E-state index contributed by atoms with van der Waals surface area (Å²) in [5, 5.41) is 18.5. The summed E-state index contributed by atoms with van der Waals surface area (Å²) in [6, 6.07) is 8.43. The number of rotatable bonds is 7. The van der Waals surface area contributed by atoms with Crippen LogP contribution in [0.4, 0.5) is 17.5 Å². The molecule has 0 aliphatic heterocycles. The number of benzene rings is 1. The van der Waals surface area contributed by atoms with Gasteiger partial charge in [-0.1, -0.05) is 18.2 Å². The molecule has 1 aliphatic rings. The van der Waals surface area contributed by atoms with Gasteiger partial charge in [0, 0.05) is 29.7 Å². The van der Waals surface area contributed by atoms with Crippen LogP contribution in [0, 0.1) is 10.1 Å². The molecular weight excluding hydrogens is 320 g/mol. The van der Waals surface area contributed by atoms with Crippen LogP contribution < -0.4 is 10.6 Å². The molecule has 0 amide bonds. The number of aromatic amines is 1. The average Bonchev–Trinajstić information content (AvgIpc) is 3.33. The summed E-state index contributed by atoms with van der Waals surface area (Å²) in [4.78, 5) is 22.2. The fourth-order valence-corrected chi connectivity index (χ4v) is 2.77. The third-order valence-corrected chi connectivity index (χ3v) is 4.24. The number of para-hydroxylation sites is 1. The summed E-state index contributed by atoms with van der Waals surface area (Å²) < 4.78 is 0. The van der Waals surface area contributed by atoms with Crippen molar-refractivity contribution in [1.82, 2.24) is 15.0 Å². The Morgan fingerprint density at radius 2 is 2.16 bits per heavy atom. The Kier molecular flexibility index (Phi) is 3.93. The molecule has 2 heterocycles. The fraction of sp³-hybridized carbons (Fsp3) is 0.294. The lowest BCUT2D eigenvalue weighted by Crippen LogP contribution is -2.12. The number of nitrogens with zero attached hydrogens (tertiary/aromatic N) is 3. The SMILES string of the molecule is O=[N+]([O-])c1cnc(NCCc2c[nH]c3ccccc23)nc1NC1CC1. The molecule has 0 bridgehead atoms. The van der Waals surface area contributed by atoms with E-state index in [2.05, 4.69) is 31.7 Å². The molecule has 0 radical (unpaired) electrons. The van der Waals surface area contributed by atoms with Gasteiger partial charge >= 0.3 is 5.69 Å². The lowest BCUT2D eigenvalue weighted by atomic mass is 10.1. The molecule has 0 atom stereocenters. The molecular formula is C17H18N6O2. The van der Waals surface area contributed by atoms with Gasteiger partial charge in [0.25, 0.3) is 0 Å². The van der Waals surface area contributed by atoms with Crippen molar-refractivity contribution < 1.29 is 4.92 Å². The summed E-state index contributed by atoms with van der Waals surface area (Å²) in [6.45, 7) is 0.641. The molecule has 1 fully saturated rings. The number of nitrogens with one attached hydrogen (secondary N) is 3. The summed E-state index contributed by atoms with van der Waals surface area (Å²) in [6.07, 6.45) is 6.10. The predicted octanol–water partition coefficient (Wildman–Crippen LogP) is 3.10. The minimum absolute atomic E-state index is 0.0888. The topological polar surface area (TPSA) is 109 Å². The van der Waals surface area contributed by atoms with E-state index in [1.807, 2.05) is 24.4 Å². The van der Waals surface area contributed by atoms with Gasteiger partial charge in [0.05, 0.1) is 4.92 Å². The van der Waals surface area contributed by atoms with E-state index in [0.29, 0.717) is 12.5 Å². The maximum Gasteiger partial charge on any atom is 0.329 e.